The number of benzene rings is 1. The van der Waals surface area contributed by atoms with Gasteiger partial charge >= 0.3 is 5.97 Å². The minimum atomic E-state index is 0.0139. The first-order chi connectivity index (χ1) is 9.78. The fourth-order valence-corrected chi connectivity index (χ4v) is 3.38. The van der Waals surface area contributed by atoms with Crippen LogP contribution in [0.15, 0.2) is 30.3 Å². The molecule has 1 saturated carbocycles. The molecule has 0 N–H and O–H groups in total. The van der Waals surface area contributed by atoms with E-state index in [1.807, 2.05) is 13.0 Å². The van der Waals surface area contributed by atoms with Gasteiger partial charge in [0.1, 0.15) is 0 Å². The van der Waals surface area contributed by atoms with E-state index in [1.165, 1.54) is 18.4 Å². The molecule has 0 unspecified atom stereocenters. The second kappa shape index (κ2) is 5.96. The number of esters is 1. The first-order valence-corrected chi connectivity index (χ1v) is 7.71. The van der Waals surface area contributed by atoms with E-state index in [4.69, 9.17) is 4.74 Å². The van der Waals surface area contributed by atoms with Crippen LogP contribution in [0.2, 0.25) is 0 Å². The molecule has 0 spiro atoms. The summed E-state index contributed by atoms with van der Waals surface area (Å²) in [6.07, 6.45) is 2.58. The van der Waals surface area contributed by atoms with Gasteiger partial charge in [0.05, 0.1) is 12.5 Å². The number of hydrogen-bond donors (Lipinski definition) is 0. The molecule has 3 rings (SSSR count). The highest BCUT2D eigenvalue weighted by Crippen LogP contribution is 2.44. The van der Waals surface area contributed by atoms with Gasteiger partial charge in [-0.15, -0.1) is 0 Å². The van der Waals surface area contributed by atoms with Crippen LogP contribution in [0.3, 0.4) is 0 Å². The van der Waals surface area contributed by atoms with Crippen molar-refractivity contribution in [3.63, 3.8) is 0 Å². The lowest BCUT2D eigenvalue weighted by Crippen LogP contribution is -2.26. The van der Waals surface area contributed by atoms with Crippen LogP contribution in [0.25, 0.3) is 0 Å². The Bertz CT molecular complexity index is 455. The molecule has 3 nitrogen and oxygen atoms in total. The first kappa shape index (κ1) is 13.6. The van der Waals surface area contributed by atoms with E-state index >= 15 is 0 Å². The van der Waals surface area contributed by atoms with E-state index in [-0.39, 0.29) is 11.9 Å². The van der Waals surface area contributed by atoms with Gasteiger partial charge < -0.3 is 4.74 Å². The van der Waals surface area contributed by atoms with Crippen LogP contribution in [0.4, 0.5) is 0 Å². The summed E-state index contributed by atoms with van der Waals surface area (Å²) in [6, 6.07) is 10.5. The van der Waals surface area contributed by atoms with Crippen LogP contribution in [0.1, 0.15) is 25.3 Å². The zero-order valence-corrected chi connectivity index (χ0v) is 12.1. The molecule has 1 aromatic carbocycles. The number of nitrogens with zero attached hydrogens (tertiary/aromatic N) is 1. The van der Waals surface area contributed by atoms with Gasteiger partial charge in [-0.1, -0.05) is 30.3 Å². The zero-order chi connectivity index (χ0) is 13.9. The Morgan fingerprint density at radius 2 is 2.00 bits per heavy atom. The van der Waals surface area contributed by atoms with Crippen molar-refractivity contribution in [2.45, 2.75) is 26.3 Å². The quantitative estimate of drug-likeness (QED) is 0.773. The summed E-state index contributed by atoms with van der Waals surface area (Å²) in [5.41, 5.74) is 1.33. The summed E-state index contributed by atoms with van der Waals surface area (Å²) in [7, 11) is 0. The third-order valence-corrected chi connectivity index (χ3v) is 4.51. The van der Waals surface area contributed by atoms with Crippen molar-refractivity contribution >= 4 is 5.97 Å². The van der Waals surface area contributed by atoms with E-state index in [1.54, 1.807) is 0 Å². The van der Waals surface area contributed by atoms with Crippen LogP contribution in [-0.2, 0) is 16.1 Å². The first-order valence-electron chi connectivity index (χ1n) is 7.71. The summed E-state index contributed by atoms with van der Waals surface area (Å²) < 4.78 is 5.27. The highest BCUT2D eigenvalue weighted by atomic mass is 16.5. The Kier molecular flexibility index (Phi) is 4.06. The van der Waals surface area contributed by atoms with E-state index in [0.717, 1.165) is 25.6 Å². The summed E-state index contributed by atoms with van der Waals surface area (Å²) >= 11 is 0. The molecule has 1 aliphatic carbocycles. The molecule has 1 heterocycles. The molecule has 20 heavy (non-hydrogen) atoms. The van der Waals surface area contributed by atoms with Gasteiger partial charge in [-0.25, -0.2) is 0 Å². The van der Waals surface area contributed by atoms with Gasteiger partial charge in [0.25, 0.3) is 0 Å². The van der Waals surface area contributed by atoms with Crippen molar-refractivity contribution in [1.82, 2.24) is 4.90 Å². The average molecular weight is 273 g/mol. The highest BCUT2D eigenvalue weighted by Gasteiger charge is 2.45. The zero-order valence-electron chi connectivity index (χ0n) is 12.1. The largest absolute Gasteiger partial charge is 0.466 e. The summed E-state index contributed by atoms with van der Waals surface area (Å²) in [5.74, 6) is 1.37. The molecule has 0 amide bonds. The lowest BCUT2D eigenvalue weighted by Gasteiger charge is -2.15. The second-order valence-electron chi connectivity index (χ2n) is 6.04. The lowest BCUT2D eigenvalue weighted by molar-refractivity contribution is -0.149. The lowest BCUT2D eigenvalue weighted by atomic mass is 9.92. The van der Waals surface area contributed by atoms with Crippen molar-refractivity contribution in [3.05, 3.63) is 35.9 Å². The summed E-state index contributed by atoms with van der Waals surface area (Å²) in [6.45, 7) is 5.23. The highest BCUT2D eigenvalue weighted by molar-refractivity contribution is 5.73. The van der Waals surface area contributed by atoms with Crippen LogP contribution in [-0.4, -0.2) is 30.6 Å². The van der Waals surface area contributed by atoms with E-state index in [0.29, 0.717) is 12.5 Å². The topological polar surface area (TPSA) is 29.5 Å². The third kappa shape index (κ3) is 3.04. The molecule has 2 atom stereocenters. The molecule has 1 aromatic rings. The maximum absolute atomic E-state index is 12.1. The molecule has 1 saturated heterocycles. The fraction of sp³-hybridized carbons (Fsp3) is 0.588. The Balaban J connectivity index is 1.65. The van der Waals surface area contributed by atoms with Crippen molar-refractivity contribution < 1.29 is 9.53 Å². The minimum absolute atomic E-state index is 0.0139. The van der Waals surface area contributed by atoms with Gasteiger partial charge in [-0.2, -0.15) is 0 Å². The molecule has 0 bridgehead atoms. The van der Waals surface area contributed by atoms with Gasteiger partial charge in [-0.05, 0) is 37.2 Å². The maximum atomic E-state index is 12.1. The molecular weight excluding hydrogens is 250 g/mol. The minimum Gasteiger partial charge on any atom is -0.466 e. The smallest absolute Gasteiger partial charge is 0.310 e. The van der Waals surface area contributed by atoms with Crippen LogP contribution < -0.4 is 0 Å². The van der Waals surface area contributed by atoms with E-state index in [9.17, 15) is 4.79 Å². The average Bonchev–Trinajstić information content (AvgIpc) is 3.22. The van der Waals surface area contributed by atoms with Gasteiger partial charge in [-0.3, -0.25) is 9.69 Å². The van der Waals surface area contributed by atoms with E-state index < -0.39 is 0 Å². The molecule has 0 radical (unpaired) electrons. The standard InChI is InChI=1S/C17H23NO2/c1-2-20-17(19)16-12-18(11-15(16)14-8-9-14)10-13-6-4-3-5-7-13/h3-7,14-16H,2,8-12H2,1H3/t15-,16+/m0/s1. The number of hydrogen-bond acceptors (Lipinski definition) is 3. The van der Waals surface area contributed by atoms with Crippen molar-refractivity contribution in [2.75, 3.05) is 19.7 Å². The predicted molar refractivity (Wildman–Crippen MR) is 78.1 cm³/mol. The van der Waals surface area contributed by atoms with E-state index in [2.05, 4.69) is 29.2 Å². The van der Waals surface area contributed by atoms with Crippen molar-refractivity contribution in [3.8, 4) is 0 Å². The van der Waals surface area contributed by atoms with Crippen LogP contribution >= 0.6 is 0 Å². The molecule has 108 valence electrons. The number of ether oxygens (including phenoxy) is 1. The Labute approximate surface area is 120 Å². The summed E-state index contributed by atoms with van der Waals surface area (Å²) in [4.78, 5) is 14.6. The number of rotatable bonds is 5. The molecule has 1 aliphatic heterocycles. The summed E-state index contributed by atoms with van der Waals surface area (Å²) in [5, 5.41) is 0. The number of carbonyl (C=O) groups excluding carboxylic acids is 1. The predicted octanol–water partition coefficient (Wildman–Crippen LogP) is 2.71. The van der Waals surface area contributed by atoms with Crippen molar-refractivity contribution in [1.29, 1.82) is 0 Å². The Morgan fingerprint density at radius 3 is 2.65 bits per heavy atom. The number of carbonyl (C=O) groups is 1. The second-order valence-corrected chi connectivity index (χ2v) is 6.04. The molecular formula is C17H23NO2. The third-order valence-electron chi connectivity index (χ3n) is 4.51. The molecule has 2 aliphatic rings. The van der Waals surface area contributed by atoms with Gasteiger partial charge in [0.2, 0.25) is 0 Å². The molecule has 0 aromatic heterocycles. The Hall–Kier alpha value is -1.35. The SMILES string of the molecule is CCOC(=O)[C@@H]1CN(Cc2ccccc2)C[C@H]1C1CC1. The Morgan fingerprint density at radius 1 is 1.25 bits per heavy atom. The van der Waals surface area contributed by atoms with Gasteiger partial charge in [0.15, 0.2) is 0 Å². The van der Waals surface area contributed by atoms with Gasteiger partial charge in [0, 0.05) is 19.6 Å². The molecule has 3 heteroatoms. The maximum Gasteiger partial charge on any atom is 0.310 e. The fourth-order valence-electron chi connectivity index (χ4n) is 3.38. The molecule has 2 fully saturated rings. The van der Waals surface area contributed by atoms with Crippen LogP contribution in [0.5, 0.6) is 0 Å². The van der Waals surface area contributed by atoms with Crippen molar-refractivity contribution in [2.24, 2.45) is 17.8 Å². The van der Waals surface area contributed by atoms with Crippen LogP contribution in [0, 0.1) is 17.8 Å². The number of likely N-dealkylation sites (tertiary alicyclic amines) is 1. The normalized spacial score (nSPS) is 26.6. The monoisotopic (exact) mass is 273 g/mol.